The summed E-state index contributed by atoms with van der Waals surface area (Å²) < 4.78 is 51.3. The minimum Gasteiger partial charge on any atom is -0.385 e. The predicted molar refractivity (Wildman–Crippen MR) is 116 cm³/mol. The van der Waals surface area contributed by atoms with Gasteiger partial charge < -0.3 is 10.2 Å². The number of carbonyl (C=O) groups excluding carboxylic acids is 1. The molecule has 3 rings (SSSR count). The quantitative estimate of drug-likeness (QED) is 0.472. The number of nitrogens with one attached hydrogen (secondary N) is 1. The highest BCUT2D eigenvalue weighted by molar-refractivity contribution is 7.89. The average molecular weight is 483 g/mol. The standard InChI is InChI=1S/C18H22N6O6S2/c1-22(2)31(26,27)14-7-5-6-13(10-14)19-18(25)12-30-24-17-11-15(32(28,29)23(3)4)8-9-16(17)20-21-24/h5-11H,12H2,1-4H3,(H,19,25). The van der Waals surface area contributed by atoms with Crippen LogP contribution in [0.2, 0.25) is 0 Å². The van der Waals surface area contributed by atoms with Crippen molar-refractivity contribution in [1.82, 2.24) is 23.8 Å². The van der Waals surface area contributed by atoms with Crippen LogP contribution in [0.1, 0.15) is 0 Å². The monoisotopic (exact) mass is 482 g/mol. The number of amides is 1. The molecular formula is C18H22N6O6S2. The van der Waals surface area contributed by atoms with E-state index >= 15 is 0 Å². The summed E-state index contributed by atoms with van der Waals surface area (Å²) >= 11 is 0. The number of sulfonamides is 2. The molecule has 0 aliphatic rings. The summed E-state index contributed by atoms with van der Waals surface area (Å²) in [6, 6.07) is 10.0. The molecule has 32 heavy (non-hydrogen) atoms. The highest BCUT2D eigenvalue weighted by atomic mass is 32.2. The molecule has 0 spiro atoms. The number of nitrogens with zero attached hydrogens (tertiary/aromatic N) is 5. The summed E-state index contributed by atoms with van der Waals surface area (Å²) in [5.41, 5.74) is 0.911. The van der Waals surface area contributed by atoms with Gasteiger partial charge in [0, 0.05) is 33.9 Å². The molecule has 0 aliphatic carbocycles. The largest absolute Gasteiger partial charge is 0.385 e. The van der Waals surface area contributed by atoms with Crippen LogP contribution < -0.4 is 10.2 Å². The molecule has 0 unspecified atom stereocenters. The molecule has 0 saturated carbocycles. The molecule has 12 nitrogen and oxygen atoms in total. The Morgan fingerprint density at radius 1 is 0.969 bits per heavy atom. The van der Waals surface area contributed by atoms with Gasteiger partial charge in [0.1, 0.15) is 11.0 Å². The number of anilines is 1. The van der Waals surface area contributed by atoms with Gasteiger partial charge >= 0.3 is 0 Å². The van der Waals surface area contributed by atoms with Crippen molar-refractivity contribution >= 4 is 42.7 Å². The second kappa shape index (κ2) is 8.82. The maximum Gasteiger partial charge on any atom is 0.265 e. The minimum absolute atomic E-state index is 0.0190. The van der Waals surface area contributed by atoms with Gasteiger partial charge in [-0.2, -0.15) is 0 Å². The fourth-order valence-electron chi connectivity index (χ4n) is 2.61. The van der Waals surface area contributed by atoms with Crippen molar-refractivity contribution in [2.75, 3.05) is 40.1 Å². The van der Waals surface area contributed by atoms with Crippen molar-refractivity contribution < 1.29 is 26.5 Å². The lowest BCUT2D eigenvalue weighted by molar-refractivity contribution is -0.121. The smallest absolute Gasteiger partial charge is 0.265 e. The van der Waals surface area contributed by atoms with Crippen molar-refractivity contribution in [3.05, 3.63) is 42.5 Å². The molecule has 0 aliphatic heterocycles. The molecule has 0 bridgehead atoms. The second-order valence-electron chi connectivity index (χ2n) is 7.04. The lowest BCUT2D eigenvalue weighted by atomic mass is 10.3. The van der Waals surface area contributed by atoms with E-state index in [0.29, 0.717) is 5.52 Å². The van der Waals surface area contributed by atoms with Crippen LogP contribution in [0.4, 0.5) is 5.69 Å². The van der Waals surface area contributed by atoms with Crippen LogP contribution in [-0.4, -0.2) is 81.3 Å². The van der Waals surface area contributed by atoms with E-state index in [9.17, 15) is 21.6 Å². The van der Waals surface area contributed by atoms with Gasteiger partial charge in [-0.05, 0) is 41.6 Å². The molecule has 0 atom stereocenters. The Bertz CT molecular complexity index is 1370. The fraction of sp³-hybridized carbons (Fsp3) is 0.278. The zero-order valence-electron chi connectivity index (χ0n) is 17.8. The van der Waals surface area contributed by atoms with Crippen molar-refractivity contribution in [2.45, 2.75) is 9.79 Å². The van der Waals surface area contributed by atoms with Crippen LogP contribution in [0.5, 0.6) is 0 Å². The molecule has 0 radical (unpaired) electrons. The van der Waals surface area contributed by atoms with E-state index in [4.69, 9.17) is 4.84 Å². The zero-order valence-corrected chi connectivity index (χ0v) is 19.4. The Balaban J connectivity index is 1.74. The number of rotatable bonds is 8. The molecule has 0 saturated heterocycles. The maximum atomic E-state index is 12.3. The van der Waals surface area contributed by atoms with Crippen LogP contribution in [0.3, 0.4) is 0 Å². The first-order chi connectivity index (χ1) is 14.9. The van der Waals surface area contributed by atoms with E-state index < -0.39 is 32.6 Å². The molecule has 1 heterocycles. The third-order valence-electron chi connectivity index (χ3n) is 4.38. The number of hydrogen-bond acceptors (Lipinski definition) is 8. The van der Waals surface area contributed by atoms with E-state index in [2.05, 4.69) is 15.6 Å². The van der Waals surface area contributed by atoms with Crippen LogP contribution in [0, 0.1) is 0 Å². The van der Waals surface area contributed by atoms with Crippen molar-refractivity contribution in [3.63, 3.8) is 0 Å². The molecular weight excluding hydrogens is 460 g/mol. The van der Waals surface area contributed by atoms with Gasteiger partial charge in [0.05, 0.1) is 9.79 Å². The number of fused-ring (bicyclic) bond motifs is 1. The number of carbonyl (C=O) groups is 1. The number of benzene rings is 2. The Morgan fingerprint density at radius 3 is 2.22 bits per heavy atom. The van der Waals surface area contributed by atoms with Crippen LogP contribution in [-0.2, 0) is 24.8 Å². The van der Waals surface area contributed by atoms with E-state index in [1.807, 2.05) is 0 Å². The summed E-state index contributed by atoms with van der Waals surface area (Å²) in [5, 5.41) is 10.2. The molecule has 0 fully saturated rings. The Morgan fingerprint density at radius 2 is 1.59 bits per heavy atom. The summed E-state index contributed by atoms with van der Waals surface area (Å²) in [5.74, 6) is -0.579. The van der Waals surface area contributed by atoms with E-state index in [0.717, 1.165) is 13.5 Å². The molecule has 172 valence electrons. The average Bonchev–Trinajstić information content (AvgIpc) is 3.14. The molecule has 1 amide bonds. The molecule has 1 aromatic heterocycles. The topological polar surface area (TPSA) is 144 Å². The Kier molecular flexibility index (Phi) is 6.50. The lowest BCUT2D eigenvalue weighted by Gasteiger charge is -2.13. The van der Waals surface area contributed by atoms with Gasteiger partial charge in [-0.25, -0.2) is 25.4 Å². The first-order valence-electron chi connectivity index (χ1n) is 9.16. The Labute approximate surface area is 185 Å². The molecule has 2 aromatic carbocycles. The van der Waals surface area contributed by atoms with Gasteiger partial charge in [-0.3, -0.25) is 4.79 Å². The Hall–Kier alpha value is -3.07. The second-order valence-corrected chi connectivity index (χ2v) is 11.3. The van der Waals surface area contributed by atoms with Crippen LogP contribution in [0.15, 0.2) is 52.3 Å². The van der Waals surface area contributed by atoms with E-state index in [-0.39, 0.29) is 21.0 Å². The SMILES string of the molecule is CN(C)S(=O)(=O)c1cccc(NC(=O)COn2nnc3ccc(S(=O)(=O)N(C)C)cc32)c1. The molecule has 1 N–H and O–H groups in total. The van der Waals surface area contributed by atoms with Crippen molar-refractivity contribution in [1.29, 1.82) is 0 Å². The zero-order chi connectivity index (χ0) is 23.7. The van der Waals surface area contributed by atoms with Gasteiger partial charge in [-0.15, -0.1) is 5.10 Å². The van der Waals surface area contributed by atoms with Gasteiger partial charge in [0.15, 0.2) is 6.61 Å². The molecule has 14 heteroatoms. The van der Waals surface area contributed by atoms with Crippen LogP contribution in [0.25, 0.3) is 11.0 Å². The van der Waals surface area contributed by atoms with Crippen LogP contribution >= 0.6 is 0 Å². The van der Waals surface area contributed by atoms with Crippen molar-refractivity contribution in [3.8, 4) is 0 Å². The number of aromatic nitrogens is 3. The van der Waals surface area contributed by atoms with Gasteiger partial charge in [0.2, 0.25) is 20.0 Å². The van der Waals surface area contributed by atoms with Gasteiger partial charge in [-0.1, -0.05) is 10.9 Å². The predicted octanol–water partition coefficient (Wildman–Crippen LogP) is -0.000800. The lowest BCUT2D eigenvalue weighted by Crippen LogP contribution is -2.26. The molecule has 3 aromatic rings. The van der Waals surface area contributed by atoms with Crippen molar-refractivity contribution in [2.24, 2.45) is 0 Å². The third kappa shape index (κ3) is 4.72. The normalized spacial score (nSPS) is 12.4. The summed E-state index contributed by atoms with van der Waals surface area (Å²) in [6.07, 6.45) is 0. The first-order valence-corrected chi connectivity index (χ1v) is 12.0. The summed E-state index contributed by atoms with van der Waals surface area (Å²) in [6.45, 7) is -0.478. The fourth-order valence-corrected chi connectivity index (χ4v) is 4.48. The third-order valence-corrected chi connectivity index (χ3v) is 8.00. The highest BCUT2D eigenvalue weighted by Gasteiger charge is 2.20. The first kappa shape index (κ1) is 23.6. The number of hydrogen-bond donors (Lipinski definition) is 1. The summed E-state index contributed by atoms with van der Waals surface area (Å²) in [7, 11) is -1.69. The highest BCUT2D eigenvalue weighted by Crippen LogP contribution is 2.20. The van der Waals surface area contributed by atoms with E-state index in [1.54, 1.807) is 0 Å². The van der Waals surface area contributed by atoms with Gasteiger partial charge in [0.25, 0.3) is 5.91 Å². The minimum atomic E-state index is -3.68. The van der Waals surface area contributed by atoms with E-state index in [1.165, 1.54) is 70.7 Å². The summed E-state index contributed by atoms with van der Waals surface area (Å²) in [4.78, 5) is 18.6. The maximum absolute atomic E-state index is 12.3.